The zero-order valence-electron chi connectivity index (χ0n) is 10.6. The monoisotopic (exact) mass is 249 g/mol. The molecule has 1 aliphatic carbocycles. The fraction of sp³-hybridized carbons (Fsp3) is 0.538. The van der Waals surface area contributed by atoms with E-state index in [0.29, 0.717) is 12.1 Å². The van der Waals surface area contributed by atoms with Gasteiger partial charge in [-0.25, -0.2) is 0 Å². The molecule has 3 N–H and O–H groups in total. The van der Waals surface area contributed by atoms with Crippen molar-refractivity contribution in [2.45, 2.75) is 31.2 Å². The number of nitrogens with zero attached hydrogens (tertiary/aromatic N) is 1. The van der Waals surface area contributed by atoms with Crippen LogP contribution in [0, 0.1) is 0 Å². The molecule has 0 spiro atoms. The van der Waals surface area contributed by atoms with Gasteiger partial charge in [0.2, 0.25) is 0 Å². The molecule has 1 aromatic heterocycles. The molecule has 0 bridgehead atoms. The first-order valence-corrected chi connectivity index (χ1v) is 6.26. The van der Waals surface area contributed by atoms with E-state index in [1.807, 2.05) is 0 Å². The zero-order chi connectivity index (χ0) is 13.2. The summed E-state index contributed by atoms with van der Waals surface area (Å²) in [4.78, 5) is 23.6. The van der Waals surface area contributed by atoms with E-state index in [2.05, 4.69) is 5.32 Å². The average molecular weight is 249 g/mol. The van der Waals surface area contributed by atoms with Crippen LogP contribution < -0.4 is 16.6 Å². The second-order valence-electron chi connectivity index (χ2n) is 5.01. The Bertz CT molecular complexity index is 501. The number of rotatable bonds is 3. The Hall–Kier alpha value is -1.62. The van der Waals surface area contributed by atoms with Crippen molar-refractivity contribution in [1.82, 2.24) is 9.88 Å². The summed E-state index contributed by atoms with van der Waals surface area (Å²) in [6.07, 6.45) is 5.61. The quantitative estimate of drug-likeness (QED) is 0.813. The van der Waals surface area contributed by atoms with Gasteiger partial charge >= 0.3 is 0 Å². The molecule has 1 amide bonds. The van der Waals surface area contributed by atoms with Gasteiger partial charge in [0.1, 0.15) is 0 Å². The number of aryl methyl sites for hydroxylation is 1. The SMILES string of the molecule is Cn1ccc(C(=O)NC2(CN)CCCC2)cc1=O. The Kier molecular flexibility index (Phi) is 3.52. The highest BCUT2D eigenvalue weighted by atomic mass is 16.2. The molecule has 1 aromatic rings. The van der Waals surface area contributed by atoms with Gasteiger partial charge in [0.25, 0.3) is 11.5 Å². The fourth-order valence-corrected chi connectivity index (χ4v) is 2.43. The number of aromatic nitrogens is 1. The summed E-state index contributed by atoms with van der Waals surface area (Å²) >= 11 is 0. The maximum Gasteiger partial charge on any atom is 0.252 e. The lowest BCUT2D eigenvalue weighted by Crippen LogP contribution is -2.51. The minimum absolute atomic E-state index is 0.184. The molecule has 98 valence electrons. The standard InChI is InChI=1S/C13H19N3O2/c1-16-7-4-10(8-11(16)17)12(18)15-13(9-14)5-2-3-6-13/h4,7-8H,2-3,5-6,9,14H2,1H3,(H,15,18). The lowest BCUT2D eigenvalue weighted by Gasteiger charge is -2.28. The Balaban J connectivity index is 2.16. The number of amides is 1. The maximum atomic E-state index is 12.1. The smallest absolute Gasteiger partial charge is 0.252 e. The third kappa shape index (κ3) is 2.46. The van der Waals surface area contributed by atoms with Crippen molar-refractivity contribution in [3.63, 3.8) is 0 Å². The Morgan fingerprint density at radius 1 is 1.50 bits per heavy atom. The van der Waals surface area contributed by atoms with Gasteiger partial charge in [0, 0.05) is 31.4 Å². The van der Waals surface area contributed by atoms with Gasteiger partial charge in [-0.3, -0.25) is 9.59 Å². The van der Waals surface area contributed by atoms with Crippen molar-refractivity contribution in [3.8, 4) is 0 Å². The van der Waals surface area contributed by atoms with Crippen LogP contribution in [0.25, 0.3) is 0 Å². The van der Waals surface area contributed by atoms with Gasteiger partial charge in [0.05, 0.1) is 5.54 Å². The molecule has 5 heteroatoms. The van der Waals surface area contributed by atoms with Crippen LogP contribution >= 0.6 is 0 Å². The van der Waals surface area contributed by atoms with Gasteiger partial charge in [-0.15, -0.1) is 0 Å². The van der Waals surface area contributed by atoms with Gasteiger partial charge in [-0.1, -0.05) is 12.8 Å². The Morgan fingerprint density at radius 2 is 2.17 bits per heavy atom. The first kappa shape index (κ1) is 12.8. The topological polar surface area (TPSA) is 77.1 Å². The highest BCUT2D eigenvalue weighted by Crippen LogP contribution is 2.28. The van der Waals surface area contributed by atoms with E-state index in [0.717, 1.165) is 25.7 Å². The van der Waals surface area contributed by atoms with E-state index >= 15 is 0 Å². The lowest BCUT2D eigenvalue weighted by atomic mass is 9.97. The summed E-state index contributed by atoms with van der Waals surface area (Å²) < 4.78 is 1.44. The van der Waals surface area contributed by atoms with Crippen LogP contribution in [0.4, 0.5) is 0 Å². The van der Waals surface area contributed by atoms with E-state index < -0.39 is 0 Å². The zero-order valence-corrected chi connectivity index (χ0v) is 10.6. The van der Waals surface area contributed by atoms with Crippen LogP contribution in [0.3, 0.4) is 0 Å². The van der Waals surface area contributed by atoms with Crippen LogP contribution in [-0.4, -0.2) is 22.6 Å². The van der Waals surface area contributed by atoms with Gasteiger partial charge < -0.3 is 15.6 Å². The number of hydrogen-bond donors (Lipinski definition) is 2. The second kappa shape index (κ2) is 4.94. The van der Waals surface area contributed by atoms with Crippen molar-refractivity contribution in [3.05, 3.63) is 34.2 Å². The summed E-state index contributed by atoms with van der Waals surface area (Å²) in [5.74, 6) is -0.208. The van der Waals surface area contributed by atoms with Crippen LogP contribution in [0.1, 0.15) is 36.0 Å². The molecule has 0 atom stereocenters. The highest BCUT2D eigenvalue weighted by molar-refractivity contribution is 5.94. The van der Waals surface area contributed by atoms with Crippen molar-refractivity contribution in [2.24, 2.45) is 12.8 Å². The number of carbonyl (C=O) groups excluding carboxylic acids is 1. The molecule has 2 rings (SSSR count). The molecule has 0 aliphatic heterocycles. The predicted octanol–water partition coefficient (Wildman–Crippen LogP) is 0.387. The van der Waals surface area contributed by atoms with Crippen LogP contribution in [0.5, 0.6) is 0 Å². The van der Waals surface area contributed by atoms with E-state index in [1.54, 1.807) is 19.3 Å². The van der Waals surface area contributed by atoms with E-state index in [1.165, 1.54) is 10.6 Å². The molecule has 5 nitrogen and oxygen atoms in total. The molecule has 0 aromatic carbocycles. The van der Waals surface area contributed by atoms with E-state index in [9.17, 15) is 9.59 Å². The minimum Gasteiger partial charge on any atom is -0.345 e. The van der Waals surface area contributed by atoms with Crippen LogP contribution in [0.15, 0.2) is 23.1 Å². The first-order valence-electron chi connectivity index (χ1n) is 6.26. The molecule has 0 saturated heterocycles. The molecule has 1 aliphatic rings. The molecule has 18 heavy (non-hydrogen) atoms. The summed E-state index contributed by atoms with van der Waals surface area (Å²) in [5, 5.41) is 2.99. The van der Waals surface area contributed by atoms with Gasteiger partial charge in [-0.2, -0.15) is 0 Å². The maximum absolute atomic E-state index is 12.1. The van der Waals surface area contributed by atoms with Crippen LogP contribution in [0.2, 0.25) is 0 Å². The van der Waals surface area contributed by atoms with Gasteiger partial charge in [-0.05, 0) is 18.9 Å². The third-order valence-electron chi connectivity index (χ3n) is 3.70. The third-order valence-corrected chi connectivity index (χ3v) is 3.70. The van der Waals surface area contributed by atoms with Crippen molar-refractivity contribution in [1.29, 1.82) is 0 Å². The largest absolute Gasteiger partial charge is 0.345 e. The summed E-state index contributed by atoms with van der Waals surface area (Å²) in [5.41, 5.74) is 5.71. The van der Waals surface area contributed by atoms with Crippen molar-refractivity contribution in [2.75, 3.05) is 6.54 Å². The van der Waals surface area contributed by atoms with E-state index in [-0.39, 0.29) is 17.0 Å². The highest BCUT2D eigenvalue weighted by Gasteiger charge is 2.34. The second-order valence-corrected chi connectivity index (χ2v) is 5.01. The van der Waals surface area contributed by atoms with Crippen LogP contribution in [-0.2, 0) is 7.05 Å². The average Bonchev–Trinajstić information content (AvgIpc) is 2.82. The van der Waals surface area contributed by atoms with Crippen molar-refractivity contribution >= 4 is 5.91 Å². The van der Waals surface area contributed by atoms with E-state index in [4.69, 9.17) is 5.73 Å². The number of pyridine rings is 1. The summed E-state index contributed by atoms with van der Waals surface area (Å²) in [6, 6.07) is 3.00. The molecule has 0 unspecified atom stereocenters. The Labute approximate surface area is 106 Å². The van der Waals surface area contributed by atoms with Gasteiger partial charge in [0.15, 0.2) is 0 Å². The Morgan fingerprint density at radius 3 is 2.72 bits per heavy atom. The molecule has 1 fully saturated rings. The first-order chi connectivity index (χ1) is 8.56. The molecule has 1 heterocycles. The molecule has 0 radical (unpaired) electrons. The number of nitrogens with two attached hydrogens (primary N) is 1. The predicted molar refractivity (Wildman–Crippen MR) is 69.4 cm³/mol. The molecule has 1 saturated carbocycles. The normalized spacial score (nSPS) is 17.7. The number of carbonyl (C=O) groups is 1. The summed E-state index contributed by atoms with van der Waals surface area (Å²) in [6.45, 7) is 0.448. The fourth-order valence-electron chi connectivity index (χ4n) is 2.43. The number of hydrogen-bond acceptors (Lipinski definition) is 3. The van der Waals surface area contributed by atoms with Crippen molar-refractivity contribution < 1.29 is 4.79 Å². The molecular formula is C13H19N3O2. The number of nitrogens with one attached hydrogen (secondary N) is 1. The lowest BCUT2D eigenvalue weighted by molar-refractivity contribution is 0.0903. The molecular weight excluding hydrogens is 230 g/mol. The minimum atomic E-state index is -0.280. The summed E-state index contributed by atoms with van der Waals surface area (Å²) in [7, 11) is 1.66.